The van der Waals surface area contributed by atoms with Gasteiger partial charge < -0.3 is 14.5 Å². The maximum Gasteiger partial charge on any atom is 0.323 e. The SMILES string of the molecule is Cc1cc(NC(=O)N(CCO)Cc2cccnc2)no1. The zero-order valence-corrected chi connectivity index (χ0v) is 11.1. The minimum Gasteiger partial charge on any atom is -0.395 e. The summed E-state index contributed by atoms with van der Waals surface area (Å²) >= 11 is 0. The minimum absolute atomic E-state index is 0.120. The molecule has 7 nitrogen and oxygen atoms in total. The van der Waals surface area contributed by atoms with Gasteiger partial charge in [0.15, 0.2) is 5.82 Å². The Balaban J connectivity index is 2.02. The van der Waals surface area contributed by atoms with E-state index >= 15 is 0 Å². The second-order valence-electron chi connectivity index (χ2n) is 4.26. The van der Waals surface area contributed by atoms with Crippen LogP contribution in [-0.4, -0.2) is 39.3 Å². The quantitative estimate of drug-likeness (QED) is 0.861. The molecule has 106 valence electrons. The van der Waals surface area contributed by atoms with E-state index in [9.17, 15) is 4.79 Å². The van der Waals surface area contributed by atoms with Crippen LogP contribution in [-0.2, 0) is 6.54 Å². The molecule has 2 aromatic heterocycles. The molecule has 0 aromatic carbocycles. The number of amides is 2. The van der Waals surface area contributed by atoms with E-state index in [4.69, 9.17) is 9.63 Å². The molecule has 2 aromatic rings. The molecular formula is C13H16N4O3. The Morgan fingerprint density at radius 3 is 3.00 bits per heavy atom. The molecule has 0 aliphatic carbocycles. The van der Waals surface area contributed by atoms with Crippen molar-refractivity contribution in [2.45, 2.75) is 13.5 Å². The van der Waals surface area contributed by atoms with Gasteiger partial charge in [-0.1, -0.05) is 11.2 Å². The van der Waals surface area contributed by atoms with Gasteiger partial charge in [-0.05, 0) is 18.6 Å². The lowest BCUT2D eigenvalue weighted by Crippen LogP contribution is -2.36. The fourth-order valence-electron chi connectivity index (χ4n) is 1.70. The van der Waals surface area contributed by atoms with Crippen LogP contribution < -0.4 is 5.32 Å². The van der Waals surface area contributed by atoms with Gasteiger partial charge in [-0.2, -0.15) is 0 Å². The number of aliphatic hydroxyl groups excluding tert-OH is 1. The van der Waals surface area contributed by atoms with Gasteiger partial charge in [0, 0.05) is 31.5 Å². The second-order valence-corrected chi connectivity index (χ2v) is 4.26. The van der Waals surface area contributed by atoms with Crippen molar-refractivity contribution < 1.29 is 14.4 Å². The van der Waals surface area contributed by atoms with Crippen LogP contribution in [0.1, 0.15) is 11.3 Å². The van der Waals surface area contributed by atoms with Gasteiger partial charge in [0.05, 0.1) is 6.61 Å². The van der Waals surface area contributed by atoms with Crippen LogP contribution in [0.15, 0.2) is 35.1 Å². The molecule has 0 spiro atoms. The Kier molecular flexibility index (Phi) is 4.67. The number of urea groups is 1. The molecule has 0 aliphatic heterocycles. The maximum atomic E-state index is 12.1. The smallest absolute Gasteiger partial charge is 0.323 e. The summed E-state index contributed by atoms with van der Waals surface area (Å²) in [6.45, 7) is 2.20. The number of hydrogen-bond donors (Lipinski definition) is 2. The fraction of sp³-hybridized carbons (Fsp3) is 0.308. The van der Waals surface area contributed by atoms with Gasteiger partial charge >= 0.3 is 6.03 Å². The summed E-state index contributed by atoms with van der Waals surface area (Å²) in [5.74, 6) is 0.961. The van der Waals surface area contributed by atoms with E-state index in [1.165, 1.54) is 4.90 Å². The molecule has 0 saturated carbocycles. The average molecular weight is 276 g/mol. The number of rotatable bonds is 5. The van der Waals surface area contributed by atoms with Crippen molar-refractivity contribution in [2.75, 3.05) is 18.5 Å². The average Bonchev–Trinajstić information content (AvgIpc) is 2.85. The van der Waals surface area contributed by atoms with Crippen molar-refractivity contribution in [1.29, 1.82) is 0 Å². The largest absolute Gasteiger partial charge is 0.395 e. The first kappa shape index (κ1) is 14.0. The molecule has 2 heterocycles. The first-order valence-corrected chi connectivity index (χ1v) is 6.18. The third-order valence-electron chi connectivity index (χ3n) is 2.62. The molecule has 0 fully saturated rings. The molecule has 7 heteroatoms. The van der Waals surface area contributed by atoms with Gasteiger partial charge in [0.25, 0.3) is 0 Å². The van der Waals surface area contributed by atoms with E-state index in [-0.39, 0.29) is 19.2 Å². The maximum absolute atomic E-state index is 12.1. The monoisotopic (exact) mass is 276 g/mol. The molecule has 2 rings (SSSR count). The van der Waals surface area contributed by atoms with Gasteiger partial charge in [0.1, 0.15) is 5.76 Å². The third-order valence-corrected chi connectivity index (χ3v) is 2.62. The van der Waals surface area contributed by atoms with Crippen molar-refractivity contribution >= 4 is 11.8 Å². The molecule has 20 heavy (non-hydrogen) atoms. The van der Waals surface area contributed by atoms with E-state index in [1.54, 1.807) is 31.5 Å². The number of pyridine rings is 1. The summed E-state index contributed by atoms with van der Waals surface area (Å²) in [6, 6.07) is 4.94. The molecule has 0 unspecified atom stereocenters. The first-order chi connectivity index (χ1) is 9.69. The highest BCUT2D eigenvalue weighted by atomic mass is 16.5. The Bertz CT molecular complexity index is 556. The van der Waals surface area contributed by atoms with Gasteiger partial charge in [-0.15, -0.1) is 0 Å². The van der Waals surface area contributed by atoms with Crippen molar-refractivity contribution in [3.8, 4) is 0 Å². The number of aryl methyl sites for hydroxylation is 1. The van der Waals surface area contributed by atoms with Gasteiger partial charge in [-0.25, -0.2) is 4.79 Å². The highest BCUT2D eigenvalue weighted by Crippen LogP contribution is 2.10. The number of nitrogens with one attached hydrogen (secondary N) is 1. The lowest BCUT2D eigenvalue weighted by Gasteiger charge is -2.21. The van der Waals surface area contributed by atoms with Crippen LogP contribution in [0.3, 0.4) is 0 Å². The number of aliphatic hydroxyl groups is 1. The Morgan fingerprint density at radius 1 is 1.55 bits per heavy atom. The van der Waals surface area contributed by atoms with Crippen LogP contribution in [0.25, 0.3) is 0 Å². The summed E-state index contributed by atoms with van der Waals surface area (Å²) in [4.78, 5) is 17.6. The van der Waals surface area contributed by atoms with Crippen molar-refractivity contribution in [2.24, 2.45) is 0 Å². The van der Waals surface area contributed by atoms with Crippen LogP contribution in [0.4, 0.5) is 10.6 Å². The number of anilines is 1. The summed E-state index contributed by atoms with van der Waals surface area (Å²) in [5.41, 5.74) is 0.882. The number of carbonyl (C=O) groups is 1. The predicted molar refractivity (Wildman–Crippen MR) is 72.0 cm³/mol. The minimum atomic E-state index is -0.351. The topological polar surface area (TPSA) is 91.5 Å². The highest BCUT2D eigenvalue weighted by molar-refractivity contribution is 5.88. The lowest BCUT2D eigenvalue weighted by molar-refractivity contribution is 0.185. The summed E-state index contributed by atoms with van der Waals surface area (Å²) in [5, 5.41) is 15.4. The van der Waals surface area contributed by atoms with E-state index < -0.39 is 0 Å². The number of carbonyl (C=O) groups excluding carboxylic acids is 1. The van der Waals surface area contributed by atoms with Gasteiger partial charge in [-0.3, -0.25) is 10.3 Å². The zero-order valence-electron chi connectivity index (χ0n) is 11.1. The fourth-order valence-corrected chi connectivity index (χ4v) is 1.70. The molecule has 0 bridgehead atoms. The molecule has 2 amide bonds. The van der Waals surface area contributed by atoms with Crippen LogP contribution in [0.5, 0.6) is 0 Å². The summed E-state index contributed by atoms with van der Waals surface area (Å²) in [6.07, 6.45) is 3.34. The van der Waals surface area contributed by atoms with Gasteiger partial charge in [0.2, 0.25) is 0 Å². The molecule has 0 saturated heterocycles. The van der Waals surface area contributed by atoms with Crippen molar-refractivity contribution in [3.05, 3.63) is 41.9 Å². The number of hydrogen-bond acceptors (Lipinski definition) is 5. The Morgan fingerprint density at radius 2 is 2.40 bits per heavy atom. The molecule has 0 atom stereocenters. The van der Waals surface area contributed by atoms with E-state index in [0.717, 1.165) is 5.56 Å². The number of nitrogens with zero attached hydrogens (tertiary/aromatic N) is 3. The highest BCUT2D eigenvalue weighted by Gasteiger charge is 2.15. The molecular weight excluding hydrogens is 260 g/mol. The van der Waals surface area contributed by atoms with E-state index in [1.807, 2.05) is 6.07 Å². The number of aromatic nitrogens is 2. The van der Waals surface area contributed by atoms with Crippen LogP contribution >= 0.6 is 0 Å². The molecule has 2 N–H and O–H groups in total. The van der Waals surface area contributed by atoms with Crippen LogP contribution in [0.2, 0.25) is 0 Å². The Hall–Kier alpha value is -2.41. The molecule has 0 radical (unpaired) electrons. The normalized spacial score (nSPS) is 10.3. The lowest BCUT2D eigenvalue weighted by atomic mass is 10.2. The van der Waals surface area contributed by atoms with E-state index in [0.29, 0.717) is 18.1 Å². The first-order valence-electron chi connectivity index (χ1n) is 6.18. The van der Waals surface area contributed by atoms with Crippen molar-refractivity contribution in [3.63, 3.8) is 0 Å². The third kappa shape index (κ3) is 3.79. The van der Waals surface area contributed by atoms with Crippen molar-refractivity contribution in [1.82, 2.24) is 15.0 Å². The van der Waals surface area contributed by atoms with E-state index in [2.05, 4.69) is 15.5 Å². The molecule has 0 aliphatic rings. The zero-order chi connectivity index (χ0) is 14.4. The standard InChI is InChI=1S/C13H16N4O3/c1-10-7-12(16-20-10)15-13(19)17(5-6-18)9-11-3-2-4-14-8-11/h2-4,7-8,18H,5-6,9H2,1H3,(H,15,16,19). The van der Waals surface area contributed by atoms with Crippen LogP contribution in [0, 0.1) is 6.92 Å². The second kappa shape index (κ2) is 6.67. The predicted octanol–water partition coefficient (Wildman–Crippen LogP) is 1.40. The Labute approximate surface area is 116 Å². The summed E-state index contributed by atoms with van der Waals surface area (Å²) in [7, 11) is 0. The summed E-state index contributed by atoms with van der Waals surface area (Å²) < 4.78 is 4.88.